The van der Waals surface area contributed by atoms with Crippen LogP contribution in [0.25, 0.3) is 0 Å². The van der Waals surface area contributed by atoms with Gasteiger partial charge >= 0.3 is 12.3 Å². The predicted octanol–water partition coefficient (Wildman–Crippen LogP) is 2.71. The highest BCUT2D eigenvalue weighted by Gasteiger charge is 2.40. The van der Waals surface area contributed by atoms with E-state index >= 15 is 0 Å². The maximum atomic E-state index is 13.1. The van der Waals surface area contributed by atoms with Crippen LogP contribution < -0.4 is 5.32 Å². The zero-order chi connectivity index (χ0) is 26.1. The molecular weight excluding hydrogens is 495 g/mol. The number of piperazine rings is 1. The summed E-state index contributed by atoms with van der Waals surface area (Å²) in [6.07, 6.45) is -3.80. The van der Waals surface area contributed by atoms with Gasteiger partial charge in [0.15, 0.2) is 11.4 Å². The predicted molar refractivity (Wildman–Crippen MR) is 118 cm³/mol. The lowest BCUT2D eigenvalue weighted by Gasteiger charge is -2.35. The number of carbonyl (C=O) groups excluding carboxylic acids is 3. The monoisotopic (exact) mass is 519 g/mol. The molecule has 2 aromatic heterocycles. The van der Waals surface area contributed by atoms with Gasteiger partial charge in [-0.15, -0.1) is 0 Å². The molecule has 0 radical (unpaired) electrons. The normalized spacial score (nSPS) is 15.2. The van der Waals surface area contributed by atoms with Crippen LogP contribution in [0.2, 0.25) is 5.02 Å². The molecule has 1 unspecified atom stereocenters. The van der Waals surface area contributed by atoms with Gasteiger partial charge in [0.25, 0.3) is 5.91 Å². The van der Waals surface area contributed by atoms with Crippen molar-refractivity contribution in [1.29, 1.82) is 0 Å². The van der Waals surface area contributed by atoms with Crippen molar-refractivity contribution in [3.05, 3.63) is 28.3 Å². The van der Waals surface area contributed by atoms with Crippen LogP contribution in [0.3, 0.4) is 0 Å². The zero-order valence-corrected chi connectivity index (χ0v) is 20.3. The number of ether oxygens (including phenoxy) is 1. The number of amides is 3. The summed E-state index contributed by atoms with van der Waals surface area (Å²) in [5, 5.41) is 9.49. The van der Waals surface area contributed by atoms with E-state index in [1.807, 2.05) is 0 Å². The summed E-state index contributed by atoms with van der Waals surface area (Å²) in [6.45, 7) is 6.50. The Kier molecular flexibility index (Phi) is 7.62. The number of rotatable bonds is 5. The molecule has 0 bridgehead atoms. The molecule has 192 valence electrons. The minimum Gasteiger partial charge on any atom is -0.450 e. The van der Waals surface area contributed by atoms with Crippen molar-refractivity contribution >= 4 is 35.2 Å². The summed E-state index contributed by atoms with van der Waals surface area (Å²) < 4.78 is 46.2. The Hall–Kier alpha value is -3.29. The first kappa shape index (κ1) is 26.3. The molecule has 1 N–H and O–H groups in total. The number of hydrogen-bond donors (Lipinski definition) is 1. The van der Waals surface area contributed by atoms with E-state index in [0.29, 0.717) is 36.6 Å². The molecule has 35 heavy (non-hydrogen) atoms. The standard InChI is InChI=1S/C20H25ClF3N7O4/c1-5-35-19(34)30-8-6-29(7-9-30)18(33)12(3)31-10-13(11(2)26-31)25-17(32)15-14(21)16(20(22,23)24)28(4)27-15/h10,12H,5-9H2,1-4H3,(H,25,32). The largest absolute Gasteiger partial charge is 0.450 e. The molecule has 3 rings (SSSR count). The Morgan fingerprint density at radius 2 is 1.77 bits per heavy atom. The molecule has 3 heterocycles. The number of nitrogens with one attached hydrogen (secondary N) is 1. The lowest BCUT2D eigenvalue weighted by Crippen LogP contribution is -2.52. The Bertz CT molecular complexity index is 1120. The van der Waals surface area contributed by atoms with Gasteiger partial charge in [-0.1, -0.05) is 11.6 Å². The van der Waals surface area contributed by atoms with Crippen molar-refractivity contribution in [3.63, 3.8) is 0 Å². The van der Waals surface area contributed by atoms with Gasteiger partial charge in [-0.05, 0) is 20.8 Å². The highest BCUT2D eigenvalue weighted by molar-refractivity contribution is 6.34. The van der Waals surface area contributed by atoms with E-state index in [0.717, 1.165) is 7.05 Å². The van der Waals surface area contributed by atoms with Gasteiger partial charge in [0.1, 0.15) is 11.1 Å². The van der Waals surface area contributed by atoms with Crippen molar-refractivity contribution in [3.8, 4) is 0 Å². The van der Waals surface area contributed by atoms with Gasteiger partial charge < -0.3 is 19.9 Å². The van der Waals surface area contributed by atoms with Crippen LogP contribution in [0.1, 0.15) is 41.8 Å². The van der Waals surface area contributed by atoms with Crippen molar-refractivity contribution in [1.82, 2.24) is 29.4 Å². The fourth-order valence-electron chi connectivity index (χ4n) is 3.64. The Balaban J connectivity index is 1.68. The molecule has 0 aromatic carbocycles. The summed E-state index contributed by atoms with van der Waals surface area (Å²) in [6, 6.07) is -0.733. The van der Waals surface area contributed by atoms with Crippen LogP contribution >= 0.6 is 11.6 Å². The number of nitrogens with zero attached hydrogens (tertiary/aromatic N) is 6. The molecule has 2 aromatic rings. The van der Waals surface area contributed by atoms with Crippen LogP contribution in [0.5, 0.6) is 0 Å². The van der Waals surface area contributed by atoms with Gasteiger partial charge in [-0.3, -0.25) is 19.0 Å². The molecule has 0 spiro atoms. The number of halogens is 4. The minimum absolute atomic E-state index is 0.192. The van der Waals surface area contributed by atoms with Gasteiger partial charge in [0.2, 0.25) is 5.91 Å². The highest BCUT2D eigenvalue weighted by Crippen LogP contribution is 2.36. The van der Waals surface area contributed by atoms with Crippen molar-refractivity contribution in [2.75, 3.05) is 38.1 Å². The average molecular weight is 520 g/mol. The third-order valence-corrected chi connectivity index (χ3v) is 5.87. The Labute approximate surface area is 203 Å². The average Bonchev–Trinajstić information content (AvgIpc) is 3.31. The topological polar surface area (TPSA) is 115 Å². The van der Waals surface area contributed by atoms with Crippen LogP contribution in [-0.4, -0.2) is 80.1 Å². The number of carbonyl (C=O) groups is 3. The second-order valence-electron chi connectivity index (χ2n) is 7.88. The second kappa shape index (κ2) is 10.1. The van der Waals surface area contributed by atoms with E-state index in [4.69, 9.17) is 16.3 Å². The number of aromatic nitrogens is 4. The lowest BCUT2D eigenvalue weighted by atomic mass is 10.2. The van der Waals surface area contributed by atoms with Gasteiger partial charge in [0.05, 0.1) is 18.0 Å². The first-order chi connectivity index (χ1) is 16.3. The molecule has 1 fully saturated rings. The van der Waals surface area contributed by atoms with E-state index < -0.39 is 40.6 Å². The SMILES string of the molecule is CCOC(=O)N1CCN(C(=O)C(C)n2cc(NC(=O)c3nn(C)c(C(F)(F)F)c3Cl)c(C)n2)CC1. The third-order valence-electron chi connectivity index (χ3n) is 5.51. The highest BCUT2D eigenvalue weighted by atomic mass is 35.5. The summed E-state index contributed by atoms with van der Waals surface area (Å²) in [5.74, 6) is -1.19. The molecule has 15 heteroatoms. The lowest BCUT2D eigenvalue weighted by molar-refractivity contribution is -0.143. The molecule has 1 saturated heterocycles. The van der Waals surface area contributed by atoms with Crippen LogP contribution in [0.15, 0.2) is 6.20 Å². The smallest absolute Gasteiger partial charge is 0.434 e. The molecule has 1 atom stereocenters. The van der Waals surface area contributed by atoms with Crippen molar-refractivity contribution in [2.24, 2.45) is 7.05 Å². The molecule has 3 amide bonds. The third kappa shape index (κ3) is 5.52. The van der Waals surface area contributed by atoms with Crippen LogP contribution in [0, 0.1) is 6.92 Å². The number of aryl methyl sites for hydroxylation is 2. The first-order valence-electron chi connectivity index (χ1n) is 10.7. The number of alkyl halides is 3. The fraction of sp³-hybridized carbons (Fsp3) is 0.550. The zero-order valence-electron chi connectivity index (χ0n) is 19.5. The molecule has 0 aliphatic carbocycles. The first-order valence-corrected chi connectivity index (χ1v) is 11.1. The Morgan fingerprint density at radius 1 is 1.17 bits per heavy atom. The maximum Gasteiger partial charge on any atom is 0.434 e. The second-order valence-corrected chi connectivity index (χ2v) is 8.26. The fourth-order valence-corrected chi connectivity index (χ4v) is 3.99. The summed E-state index contributed by atoms with van der Waals surface area (Å²) in [7, 11) is 1.04. The molecule has 1 aliphatic rings. The summed E-state index contributed by atoms with van der Waals surface area (Å²) in [5.41, 5.74) is -1.29. The van der Waals surface area contributed by atoms with Crippen molar-refractivity contribution in [2.45, 2.75) is 33.0 Å². The summed E-state index contributed by atoms with van der Waals surface area (Å²) >= 11 is 5.78. The quantitative estimate of drug-likeness (QED) is 0.649. The van der Waals surface area contributed by atoms with E-state index in [9.17, 15) is 27.6 Å². The van der Waals surface area contributed by atoms with E-state index in [1.165, 1.54) is 15.8 Å². The van der Waals surface area contributed by atoms with E-state index in [2.05, 4.69) is 15.5 Å². The molecular formula is C20H25ClF3N7O4. The minimum atomic E-state index is -4.78. The molecule has 0 saturated carbocycles. The van der Waals surface area contributed by atoms with Crippen LogP contribution in [-0.2, 0) is 22.8 Å². The van der Waals surface area contributed by atoms with E-state index in [-0.39, 0.29) is 18.2 Å². The number of anilines is 1. The van der Waals surface area contributed by atoms with Crippen LogP contribution in [0.4, 0.5) is 23.7 Å². The van der Waals surface area contributed by atoms with Gasteiger partial charge in [-0.25, -0.2) is 4.79 Å². The van der Waals surface area contributed by atoms with Gasteiger partial charge in [0, 0.05) is 39.4 Å². The molecule has 1 aliphatic heterocycles. The van der Waals surface area contributed by atoms with E-state index in [1.54, 1.807) is 25.7 Å². The van der Waals surface area contributed by atoms with Gasteiger partial charge in [-0.2, -0.15) is 23.4 Å². The molecule has 11 nitrogen and oxygen atoms in total. The summed E-state index contributed by atoms with van der Waals surface area (Å²) in [4.78, 5) is 40.5. The van der Waals surface area contributed by atoms with Crippen molar-refractivity contribution < 1.29 is 32.3 Å². The maximum absolute atomic E-state index is 13.1. The Morgan fingerprint density at radius 3 is 2.31 bits per heavy atom. The number of hydrogen-bond acceptors (Lipinski definition) is 6.